The number of fused-ring (bicyclic) bond motifs is 2. The van der Waals surface area contributed by atoms with E-state index >= 15 is 0 Å². The fourth-order valence-electron chi connectivity index (χ4n) is 3.78. The van der Waals surface area contributed by atoms with Crippen LogP contribution in [-0.2, 0) is 15.1 Å². The molecule has 1 amide bonds. The van der Waals surface area contributed by atoms with Crippen molar-refractivity contribution in [2.75, 3.05) is 26.9 Å². The maximum atomic E-state index is 13.3. The van der Waals surface area contributed by atoms with Crippen LogP contribution in [0.3, 0.4) is 0 Å². The molecule has 0 fully saturated rings. The zero-order chi connectivity index (χ0) is 20.4. The maximum Gasteiger partial charge on any atom is 0.261 e. The molecular weight excluding hydrogens is 392 g/mol. The van der Waals surface area contributed by atoms with Crippen molar-refractivity contribution in [2.24, 2.45) is 10.7 Å². The molecule has 4 rings (SSSR count). The van der Waals surface area contributed by atoms with Gasteiger partial charge < -0.3 is 15.2 Å². The number of carbonyl (C=O) groups is 1. The first-order chi connectivity index (χ1) is 14.0. The van der Waals surface area contributed by atoms with Crippen molar-refractivity contribution in [3.8, 4) is 17.0 Å². The van der Waals surface area contributed by atoms with Crippen LogP contribution < -0.4 is 10.5 Å². The second-order valence-electron chi connectivity index (χ2n) is 7.17. The Kier molecular flexibility index (Phi) is 5.43. The van der Waals surface area contributed by atoms with E-state index in [9.17, 15) is 4.79 Å². The molecule has 0 saturated heterocycles. The average Bonchev–Trinajstić information content (AvgIpc) is 2.92. The van der Waals surface area contributed by atoms with Gasteiger partial charge in [0.15, 0.2) is 11.5 Å². The number of pyridine rings is 1. The van der Waals surface area contributed by atoms with Crippen LogP contribution in [-0.4, -0.2) is 48.6 Å². The lowest BCUT2D eigenvalue weighted by molar-refractivity contribution is -0.131. The highest BCUT2D eigenvalue weighted by Crippen LogP contribution is 2.43. The second kappa shape index (κ2) is 8.00. The number of aliphatic imine (C=N–C) groups is 1. The highest BCUT2D eigenvalue weighted by Gasteiger charge is 2.49. The van der Waals surface area contributed by atoms with E-state index < -0.39 is 5.54 Å². The molecule has 3 heterocycles. The summed E-state index contributed by atoms with van der Waals surface area (Å²) in [6.07, 6.45) is 2.12. The number of likely N-dealkylation sites (N-methyl/N-ethyl adjacent to an activating group) is 1. The maximum absolute atomic E-state index is 13.3. The second-order valence-corrected chi connectivity index (χ2v) is 7.56. The lowest BCUT2D eigenvalue weighted by Crippen LogP contribution is -2.40. The van der Waals surface area contributed by atoms with Crippen molar-refractivity contribution in [2.45, 2.75) is 24.8 Å². The molecule has 2 aliphatic heterocycles. The fraction of sp³-hybridized carbons (Fsp3) is 0.381. The molecule has 1 atom stereocenters. The van der Waals surface area contributed by atoms with Crippen molar-refractivity contribution >= 4 is 23.5 Å². The summed E-state index contributed by atoms with van der Waals surface area (Å²) in [6, 6.07) is 11.1. The van der Waals surface area contributed by atoms with Gasteiger partial charge in [-0.25, -0.2) is 9.98 Å². The molecule has 1 aromatic carbocycles. The lowest BCUT2D eigenvalue weighted by atomic mass is 9.83. The Morgan fingerprint density at radius 2 is 2.03 bits per heavy atom. The van der Waals surface area contributed by atoms with Gasteiger partial charge in [-0.3, -0.25) is 9.69 Å². The van der Waals surface area contributed by atoms with E-state index in [4.69, 9.17) is 26.8 Å². The van der Waals surface area contributed by atoms with Crippen LogP contribution in [0.25, 0.3) is 11.3 Å². The molecule has 2 aromatic rings. The fourth-order valence-corrected chi connectivity index (χ4v) is 3.94. The minimum absolute atomic E-state index is 0.156. The van der Waals surface area contributed by atoms with E-state index in [1.54, 1.807) is 13.1 Å². The normalized spacial score (nSPS) is 22.6. The van der Waals surface area contributed by atoms with Gasteiger partial charge in [0.1, 0.15) is 17.5 Å². The topological polar surface area (TPSA) is 90.0 Å². The average molecular weight is 415 g/mol. The van der Waals surface area contributed by atoms with Crippen LogP contribution in [0.1, 0.15) is 24.8 Å². The number of guanidine groups is 1. The van der Waals surface area contributed by atoms with Gasteiger partial charge in [0.2, 0.25) is 0 Å². The monoisotopic (exact) mass is 414 g/mol. The van der Waals surface area contributed by atoms with Crippen molar-refractivity contribution in [3.05, 3.63) is 47.1 Å². The molecule has 8 heteroatoms. The number of amides is 1. The molecule has 7 nitrogen and oxygen atoms in total. The third-order valence-electron chi connectivity index (χ3n) is 5.31. The lowest BCUT2D eigenvalue weighted by Gasteiger charge is -2.27. The van der Waals surface area contributed by atoms with Gasteiger partial charge in [-0.1, -0.05) is 17.7 Å². The van der Waals surface area contributed by atoms with E-state index in [-0.39, 0.29) is 11.9 Å². The zero-order valence-electron chi connectivity index (χ0n) is 16.2. The van der Waals surface area contributed by atoms with Gasteiger partial charge in [0.05, 0.1) is 12.3 Å². The quantitative estimate of drug-likeness (QED) is 0.724. The van der Waals surface area contributed by atoms with Crippen LogP contribution in [0.15, 0.2) is 41.4 Å². The summed E-state index contributed by atoms with van der Waals surface area (Å²) in [6.45, 7) is 1.50. The highest BCUT2D eigenvalue weighted by atomic mass is 35.5. The Hall–Kier alpha value is -2.64. The summed E-state index contributed by atoms with van der Waals surface area (Å²) < 4.78 is 11.6. The first-order valence-corrected chi connectivity index (χ1v) is 10.0. The summed E-state index contributed by atoms with van der Waals surface area (Å²) in [5, 5.41) is 0.404. The molecule has 2 N–H and O–H groups in total. The predicted octanol–water partition coefficient (Wildman–Crippen LogP) is 2.96. The molecular formula is C21H23ClN4O3. The number of hydrogen-bond donors (Lipinski definition) is 1. The van der Waals surface area contributed by atoms with Crippen LogP contribution in [0, 0.1) is 0 Å². The molecule has 0 saturated carbocycles. The van der Waals surface area contributed by atoms with E-state index in [1.807, 2.05) is 30.3 Å². The third kappa shape index (κ3) is 3.68. The number of rotatable bonds is 1. The van der Waals surface area contributed by atoms with E-state index in [1.165, 1.54) is 4.90 Å². The van der Waals surface area contributed by atoms with Crippen molar-refractivity contribution in [3.63, 3.8) is 0 Å². The highest BCUT2D eigenvalue weighted by molar-refractivity contribution is 6.29. The first-order valence-electron chi connectivity index (χ1n) is 9.63. The van der Waals surface area contributed by atoms with Crippen LogP contribution >= 0.6 is 11.6 Å². The van der Waals surface area contributed by atoms with Gasteiger partial charge in [-0.2, -0.15) is 0 Å². The van der Waals surface area contributed by atoms with E-state index in [2.05, 4.69) is 9.98 Å². The molecule has 0 unspecified atom stereocenters. The predicted molar refractivity (Wildman–Crippen MR) is 111 cm³/mol. The smallest absolute Gasteiger partial charge is 0.261 e. The van der Waals surface area contributed by atoms with Crippen molar-refractivity contribution < 1.29 is 14.3 Å². The van der Waals surface area contributed by atoms with Gasteiger partial charge in [-0.15, -0.1) is 0 Å². The standard InChI is InChI=1S/C21H23ClN4O3/c1-26-19(27)21(25-20(26)23)9-2-3-10-28-11-12-29-17-8-7-14(13-15(17)21)16-5-4-6-18(22)24-16/h4-8,13H,2-3,9-12H2,1H3,(H2,23,25)/t21-/m0/s1. The number of ether oxygens (including phenoxy) is 2. The Morgan fingerprint density at radius 1 is 1.17 bits per heavy atom. The molecule has 1 aromatic heterocycles. The molecule has 0 bridgehead atoms. The zero-order valence-corrected chi connectivity index (χ0v) is 17.0. The molecule has 29 heavy (non-hydrogen) atoms. The Balaban J connectivity index is 1.88. The third-order valence-corrected chi connectivity index (χ3v) is 5.52. The number of hydrogen-bond acceptors (Lipinski definition) is 6. The van der Waals surface area contributed by atoms with Gasteiger partial charge >= 0.3 is 0 Å². The number of nitrogens with two attached hydrogens (primary N) is 1. The minimum atomic E-state index is -1.12. The largest absolute Gasteiger partial charge is 0.491 e. The van der Waals surface area contributed by atoms with Gasteiger partial charge in [0.25, 0.3) is 5.91 Å². The molecule has 1 spiro atoms. The van der Waals surface area contributed by atoms with Crippen molar-refractivity contribution in [1.82, 2.24) is 9.88 Å². The molecule has 0 aliphatic carbocycles. The summed E-state index contributed by atoms with van der Waals surface area (Å²) in [5.41, 5.74) is 7.17. The Morgan fingerprint density at radius 3 is 2.79 bits per heavy atom. The van der Waals surface area contributed by atoms with Gasteiger partial charge in [0, 0.05) is 24.8 Å². The van der Waals surface area contributed by atoms with Gasteiger partial charge in [-0.05, 0) is 49.6 Å². The first kappa shape index (κ1) is 19.7. The number of aromatic nitrogens is 1. The molecule has 0 radical (unpaired) electrons. The van der Waals surface area contributed by atoms with E-state index in [0.29, 0.717) is 48.4 Å². The number of carbonyl (C=O) groups excluding carboxylic acids is 1. The summed E-state index contributed by atoms with van der Waals surface area (Å²) >= 11 is 6.08. The Labute approximate surface area is 174 Å². The summed E-state index contributed by atoms with van der Waals surface area (Å²) in [4.78, 5) is 23.8. The van der Waals surface area contributed by atoms with E-state index in [0.717, 1.165) is 18.4 Å². The summed E-state index contributed by atoms with van der Waals surface area (Å²) in [7, 11) is 1.65. The van der Waals surface area contributed by atoms with Crippen molar-refractivity contribution in [1.29, 1.82) is 0 Å². The SMILES string of the molecule is CN1C(=O)[C@@]2(CCCCOCCOc3ccc(-c4cccc(Cl)n4)cc32)N=C1N. The minimum Gasteiger partial charge on any atom is -0.491 e. The summed E-state index contributed by atoms with van der Waals surface area (Å²) in [5.74, 6) is 0.649. The van der Waals surface area contributed by atoms with Crippen LogP contribution in [0.2, 0.25) is 5.15 Å². The Bertz CT molecular complexity index is 965. The number of benzene rings is 1. The van der Waals surface area contributed by atoms with Crippen LogP contribution in [0.4, 0.5) is 0 Å². The number of halogens is 1. The molecule has 2 aliphatic rings. The molecule has 152 valence electrons. The van der Waals surface area contributed by atoms with Crippen LogP contribution in [0.5, 0.6) is 5.75 Å². The number of nitrogens with zero attached hydrogens (tertiary/aromatic N) is 3.